The van der Waals surface area contributed by atoms with E-state index in [4.69, 9.17) is 20.4 Å². The first-order valence-electron chi connectivity index (χ1n) is 4.75. The van der Waals surface area contributed by atoms with Crippen LogP contribution in [0.2, 0.25) is 0 Å². The fourth-order valence-corrected chi connectivity index (χ4v) is 0.998. The van der Waals surface area contributed by atoms with E-state index in [-0.39, 0.29) is 11.5 Å². The van der Waals surface area contributed by atoms with Gasteiger partial charge in [-0.05, 0) is 24.3 Å². The topological polar surface area (TPSA) is 80.9 Å². The van der Waals surface area contributed by atoms with E-state index in [9.17, 15) is 8.78 Å². The molecule has 2 aromatic carbocycles. The Balaban J connectivity index is 0.000000180. The Kier molecular flexibility index (Phi) is 4.31. The van der Waals surface area contributed by atoms with Crippen LogP contribution in [0.15, 0.2) is 36.4 Å². The normalized spacial score (nSPS) is 9.44. The van der Waals surface area contributed by atoms with Gasteiger partial charge < -0.3 is 20.4 Å². The van der Waals surface area contributed by atoms with Crippen LogP contribution in [0.3, 0.4) is 0 Å². The van der Waals surface area contributed by atoms with Crippen molar-refractivity contribution in [2.75, 3.05) is 0 Å². The van der Waals surface area contributed by atoms with Gasteiger partial charge >= 0.3 is 0 Å². The van der Waals surface area contributed by atoms with Gasteiger partial charge in [-0.2, -0.15) is 0 Å². The first kappa shape index (κ1) is 13.6. The minimum Gasteiger partial charge on any atom is -0.508 e. The molecule has 0 aliphatic carbocycles. The van der Waals surface area contributed by atoms with Crippen LogP contribution in [-0.2, 0) is 0 Å². The Morgan fingerprint density at radius 1 is 0.667 bits per heavy atom. The van der Waals surface area contributed by atoms with Crippen molar-refractivity contribution in [3.05, 3.63) is 48.0 Å². The number of hydrogen-bond acceptors (Lipinski definition) is 4. The molecule has 4 nitrogen and oxygen atoms in total. The van der Waals surface area contributed by atoms with E-state index in [1.165, 1.54) is 0 Å². The van der Waals surface area contributed by atoms with Gasteiger partial charge in [0, 0.05) is 12.1 Å². The lowest BCUT2D eigenvalue weighted by molar-refractivity contribution is 0.400. The number of phenolic OH excluding ortho intramolecular Hbond substituents is 4. The van der Waals surface area contributed by atoms with E-state index < -0.39 is 23.1 Å². The number of halogens is 2. The fraction of sp³-hybridized carbons (Fsp3) is 0. The molecule has 0 atom stereocenters. The molecular formula is C12H10F2O4. The molecular weight excluding hydrogens is 246 g/mol. The summed E-state index contributed by atoms with van der Waals surface area (Å²) < 4.78 is 24.2. The van der Waals surface area contributed by atoms with Crippen molar-refractivity contribution in [1.82, 2.24) is 0 Å². The maximum Gasteiger partial charge on any atom is 0.165 e. The lowest BCUT2D eigenvalue weighted by Crippen LogP contribution is -1.72. The minimum atomic E-state index is -0.729. The van der Waals surface area contributed by atoms with E-state index in [2.05, 4.69) is 0 Å². The van der Waals surface area contributed by atoms with Crippen molar-refractivity contribution in [2.45, 2.75) is 0 Å². The molecule has 2 aromatic rings. The zero-order valence-electron chi connectivity index (χ0n) is 9.01. The molecule has 0 saturated carbocycles. The van der Waals surface area contributed by atoms with Crippen LogP contribution in [-0.4, -0.2) is 20.4 Å². The zero-order valence-corrected chi connectivity index (χ0v) is 9.01. The molecule has 0 spiro atoms. The molecule has 4 N–H and O–H groups in total. The number of rotatable bonds is 0. The van der Waals surface area contributed by atoms with Gasteiger partial charge in [-0.25, -0.2) is 8.78 Å². The van der Waals surface area contributed by atoms with E-state index in [1.54, 1.807) is 0 Å². The molecule has 2 rings (SSSR count). The summed E-state index contributed by atoms with van der Waals surface area (Å²) in [6.07, 6.45) is 0. The van der Waals surface area contributed by atoms with Crippen molar-refractivity contribution < 1.29 is 29.2 Å². The van der Waals surface area contributed by atoms with Crippen LogP contribution in [0.4, 0.5) is 8.78 Å². The molecule has 0 heterocycles. The predicted octanol–water partition coefficient (Wildman–Crippen LogP) is 2.47. The van der Waals surface area contributed by atoms with Crippen molar-refractivity contribution in [1.29, 1.82) is 0 Å². The van der Waals surface area contributed by atoms with E-state index in [0.29, 0.717) is 0 Å². The van der Waals surface area contributed by atoms with Crippen molar-refractivity contribution in [2.24, 2.45) is 0 Å². The Hall–Kier alpha value is -2.50. The second kappa shape index (κ2) is 5.72. The highest BCUT2D eigenvalue weighted by Crippen LogP contribution is 2.23. The quantitative estimate of drug-likeness (QED) is 0.546. The van der Waals surface area contributed by atoms with Crippen LogP contribution in [0, 0.1) is 11.6 Å². The minimum absolute atomic E-state index is 0.145. The second-order valence-corrected chi connectivity index (χ2v) is 3.27. The number of hydrogen-bond donors (Lipinski definition) is 4. The van der Waals surface area contributed by atoms with Crippen LogP contribution in [0.25, 0.3) is 0 Å². The van der Waals surface area contributed by atoms with E-state index >= 15 is 0 Å². The van der Waals surface area contributed by atoms with E-state index in [0.717, 1.165) is 36.4 Å². The summed E-state index contributed by atoms with van der Waals surface area (Å²) in [4.78, 5) is 0. The third kappa shape index (κ3) is 3.82. The molecule has 0 amide bonds. The van der Waals surface area contributed by atoms with Crippen molar-refractivity contribution in [3.63, 3.8) is 0 Å². The average molecular weight is 256 g/mol. The monoisotopic (exact) mass is 256 g/mol. The molecule has 0 fully saturated rings. The fourth-order valence-electron chi connectivity index (χ4n) is 0.998. The Morgan fingerprint density at radius 3 is 1.78 bits per heavy atom. The standard InChI is InChI=1S/2C6H5FO2/c7-5-2-1-4(8)3-6(5)9;7-4-1-2-5(8)6(9)3-4/h2*1-3,8-9H. The molecule has 96 valence electrons. The van der Waals surface area contributed by atoms with Gasteiger partial charge in [0.2, 0.25) is 0 Å². The highest BCUT2D eigenvalue weighted by Gasteiger charge is 1.98. The Bertz CT molecular complexity index is 494. The Labute approximate surface area is 101 Å². The largest absolute Gasteiger partial charge is 0.508 e. The summed E-state index contributed by atoms with van der Waals surface area (Å²) in [7, 11) is 0. The number of benzene rings is 2. The summed E-state index contributed by atoms with van der Waals surface area (Å²) in [6, 6.07) is 6.09. The van der Waals surface area contributed by atoms with Gasteiger partial charge in [0.05, 0.1) is 0 Å². The molecule has 0 bridgehead atoms. The van der Waals surface area contributed by atoms with Gasteiger partial charge in [-0.1, -0.05) is 0 Å². The highest BCUT2D eigenvalue weighted by atomic mass is 19.1. The van der Waals surface area contributed by atoms with Crippen molar-refractivity contribution in [3.8, 4) is 23.0 Å². The summed E-state index contributed by atoms with van der Waals surface area (Å²) in [5.74, 6) is -2.71. The van der Waals surface area contributed by atoms with Gasteiger partial charge in [-0.3, -0.25) is 0 Å². The van der Waals surface area contributed by atoms with Crippen LogP contribution in [0.5, 0.6) is 23.0 Å². The zero-order chi connectivity index (χ0) is 13.7. The van der Waals surface area contributed by atoms with E-state index in [1.807, 2.05) is 0 Å². The molecule has 18 heavy (non-hydrogen) atoms. The highest BCUT2D eigenvalue weighted by molar-refractivity contribution is 5.37. The summed E-state index contributed by atoms with van der Waals surface area (Å²) >= 11 is 0. The molecule has 0 saturated heterocycles. The average Bonchev–Trinajstić information content (AvgIpc) is 2.30. The predicted molar refractivity (Wildman–Crippen MR) is 59.5 cm³/mol. The first-order chi connectivity index (χ1) is 8.40. The lowest BCUT2D eigenvalue weighted by atomic mass is 10.3. The van der Waals surface area contributed by atoms with Gasteiger partial charge in [0.15, 0.2) is 23.1 Å². The summed E-state index contributed by atoms with van der Waals surface area (Å²) in [5.41, 5.74) is 0. The summed E-state index contributed by atoms with van der Waals surface area (Å²) in [6.45, 7) is 0. The second-order valence-electron chi connectivity index (χ2n) is 3.27. The third-order valence-corrected chi connectivity index (χ3v) is 1.87. The third-order valence-electron chi connectivity index (χ3n) is 1.87. The molecule has 0 radical (unpaired) electrons. The first-order valence-corrected chi connectivity index (χ1v) is 4.75. The van der Waals surface area contributed by atoms with Gasteiger partial charge in [0.1, 0.15) is 11.6 Å². The van der Waals surface area contributed by atoms with Gasteiger partial charge in [-0.15, -0.1) is 0 Å². The van der Waals surface area contributed by atoms with Crippen LogP contribution >= 0.6 is 0 Å². The SMILES string of the molecule is Oc1ccc(F)c(O)c1.Oc1ccc(F)cc1O. The lowest BCUT2D eigenvalue weighted by Gasteiger charge is -1.93. The molecule has 0 aliphatic rings. The Morgan fingerprint density at radius 2 is 1.33 bits per heavy atom. The molecule has 0 aromatic heterocycles. The maximum absolute atomic E-state index is 12.1. The maximum atomic E-state index is 12.1. The van der Waals surface area contributed by atoms with Gasteiger partial charge in [0.25, 0.3) is 0 Å². The molecule has 6 heteroatoms. The molecule has 0 aliphatic heterocycles. The van der Waals surface area contributed by atoms with Crippen molar-refractivity contribution >= 4 is 0 Å². The molecule has 0 unspecified atom stereocenters. The smallest absolute Gasteiger partial charge is 0.165 e. The number of phenols is 4. The summed E-state index contributed by atoms with van der Waals surface area (Å²) in [5, 5.41) is 34.4. The van der Waals surface area contributed by atoms with Crippen LogP contribution < -0.4 is 0 Å². The number of aromatic hydroxyl groups is 4. The van der Waals surface area contributed by atoms with Crippen LogP contribution in [0.1, 0.15) is 0 Å².